The van der Waals surface area contributed by atoms with E-state index in [0.717, 1.165) is 0 Å². The monoisotopic (exact) mass is 242 g/mol. The van der Waals surface area contributed by atoms with Crippen LogP contribution in [0.25, 0.3) is 11.0 Å². The zero-order chi connectivity index (χ0) is 9.59. The van der Waals surface area contributed by atoms with Crippen LogP contribution in [0.2, 0.25) is 0 Å². The van der Waals surface area contributed by atoms with E-state index in [1.807, 2.05) is 0 Å². The molecule has 0 saturated heterocycles. The summed E-state index contributed by atoms with van der Waals surface area (Å²) in [5.74, 6) is 0.591. The third-order valence-electron chi connectivity index (χ3n) is 1.77. The quantitative estimate of drug-likeness (QED) is 0.741. The zero-order valence-corrected chi connectivity index (χ0v) is 8.71. The predicted octanol–water partition coefficient (Wildman–Crippen LogP) is 0.728. The molecule has 2 aromatic heterocycles. The number of fused-ring (bicyclic) bond motifs is 1. The number of aryl methyl sites for hydroxylation is 2. The molecule has 0 aliphatic heterocycles. The van der Waals surface area contributed by atoms with Crippen molar-refractivity contribution in [3.8, 4) is 0 Å². The van der Waals surface area contributed by atoms with Crippen LogP contribution in [0.5, 0.6) is 0 Å². The van der Waals surface area contributed by atoms with Gasteiger partial charge in [0.2, 0.25) is 0 Å². The standard InChI is InChI=1S/C7H7BrN4O/c1-3-9-6-4(7(13)10-3)5(8)11-12(6)2/h1-2H3,(H,9,10,13). The van der Waals surface area contributed by atoms with E-state index in [2.05, 4.69) is 31.0 Å². The third-order valence-corrected chi connectivity index (χ3v) is 2.32. The number of hydrogen-bond acceptors (Lipinski definition) is 3. The molecule has 0 atom stereocenters. The number of aromatic nitrogens is 4. The van der Waals surface area contributed by atoms with Gasteiger partial charge >= 0.3 is 0 Å². The summed E-state index contributed by atoms with van der Waals surface area (Å²) in [7, 11) is 1.75. The Morgan fingerprint density at radius 1 is 1.54 bits per heavy atom. The van der Waals surface area contributed by atoms with Crippen LogP contribution in [0.4, 0.5) is 0 Å². The van der Waals surface area contributed by atoms with E-state index in [1.54, 1.807) is 18.7 Å². The van der Waals surface area contributed by atoms with E-state index in [1.165, 1.54) is 0 Å². The Bertz CT molecular complexity index is 527. The molecule has 5 nitrogen and oxygen atoms in total. The summed E-state index contributed by atoms with van der Waals surface area (Å²) in [6.45, 7) is 1.74. The molecular weight excluding hydrogens is 236 g/mol. The van der Waals surface area contributed by atoms with Crippen molar-refractivity contribution >= 4 is 27.0 Å². The normalized spacial score (nSPS) is 11.0. The predicted molar refractivity (Wildman–Crippen MR) is 51.6 cm³/mol. The van der Waals surface area contributed by atoms with Crippen molar-refractivity contribution < 1.29 is 0 Å². The molecule has 2 rings (SSSR count). The van der Waals surface area contributed by atoms with E-state index in [-0.39, 0.29) is 5.56 Å². The second-order valence-electron chi connectivity index (χ2n) is 2.76. The third kappa shape index (κ3) is 1.17. The number of aromatic amines is 1. The van der Waals surface area contributed by atoms with Gasteiger partial charge in [0.05, 0.1) is 0 Å². The fourth-order valence-corrected chi connectivity index (χ4v) is 1.82. The Hall–Kier alpha value is -1.17. The lowest BCUT2D eigenvalue weighted by atomic mass is 10.4. The molecule has 2 heterocycles. The van der Waals surface area contributed by atoms with Gasteiger partial charge in [-0.2, -0.15) is 5.10 Å². The van der Waals surface area contributed by atoms with Crippen LogP contribution in [-0.4, -0.2) is 19.7 Å². The molecule has 6 heteroatoms. The van der Waals surface area contributed by atoms with E-state index in [4.69, 9.17) is 0 Å². The first-order chi connectivity index (χ1) is 6.09. The molecule has 0 aliphatic rings. The van der Waals surface area contributed by atoms with Gasteiger partial charge < -0.3 is 4.98 Å². The average Bonchev–Trinajstić information content (AvgIpc) is 2.27. The average molecular weight is 243 g/mol. The fraction of sp³-hybridized carbons (Fsp3) is 0.286. The van der Waals surface area contributed by atoms with Crippen molar-refractivity contribution in [2.24, 2.45) is 7.05 Å². The molecule has 0 spiro atoms. The molecule has 0 saturated carbocycles. The minimum Gasteiger partial charge on any atom is -0.310 e. The summed E-state index contributed by atoms with van der Waals surface area (Å²) in [6.07, 6.45) is 0. The van der Waals surface area contributed by atoms with Crippen LogP contribution in [0.1, 0.15) is 5.82 Å². The van der Waals surface area contributed by atoms with Gasteiger partial charge in [-0.05, 0) is 22.9 Å². The lowest BCUT2D eigenvalue weighted by Crippen LogP contribution is -2.09. The van der Waals surface area contributed by atoms with Crippen LogP contribution in [-0.2, 0) is 7.05 Å². The molecule has 0 fully saturated rings. The molecule has 1 N–H and O–H groups in total. The van der Waals surface area contributed by atoms with Crippen molar-refractivity contribution in [2.75, 3.05) is 0 Å². The van der Waals surface area contributed by atoms with Crippen LogP contribution in [0.15, 0.2) is 9.40 Å². The van der Waals surface area contributed by atoms with Crippen molar-refractivity contribution in [3.63, 3.8) is 0 Å². The van der Waals surface area contributed by atoms with Gasteiger partial charge in [0, 0.05) is 7.05 Å². The van der Waals surface area contributed by atoms with Crippen LogP contribution < -0.4 is 5.56 Å². The molecular formula is C7H7BrN4O. The second-order valence-corrected chi connectivity index (χ2v) is 3.52. The Morgan fingerprint density at radius 3 is 2.92 bits per heavy atom. The summed E-state index contributed by atoms with van der Waals surface area (Å²) in [5, 5.41) is 4.54. The Labute approximate surface area is 81.9 Å². The van der Waals surface area contributed by atoms with Crippen molar-refractivity contribution in [2.45, 2.75) is 6.92 Å². The number of hydrogen-bond donors (Lipinski definition) is 1. The number of rotatable bonds is 0. The van der Waals surface area contributed by atoms with Crippen LogP contribution in [0, 0.1) is 6.92 Å². The summed E-state index contributed by atoms with van der Waals surface area (Å²) in [6, 6.07) is 0. The number of halogens is 1. The Morgan fingerprint density at radius 2 is 2.23 bits per heavy atom. The van der Waals surface area contributed by atoms with Gasteiger partial charge in [-0.25, -0.2) is 9.67 Å². The summed E-state index contributed by atoms with van der Waals surface area (Å²) in [4.78, 5) is 18.2. The van der Waals surface area contributed by atoms with Crippen molar-refractivity contribution in [1.29, 1.82) is 0 Å². The van der Waals surface area contributed by atoms with Crippen LogP contribution in [0.3, 0.4) is 0 Å². The first kappa shape index (κ1) is 8.43. The molecule has 13 heavy (non-hydrogen) atoms. The highest BCUT2D eigenvalue weighted by Gasteiger charge is 2.11. The summed E-state index contributed by atoms with van der Waals surface area (Å²) in [5.41, 5.74) is 0.426. The second kappa shape index (κ2) is 2.66. The van der Waals surface area contributed by atoms with E-state index >= 15 is 0 Å². The van der Waals surface area contributed by atoms with Gasteiger partial charge in [-0.3, -0.25) is 4.79 Å². The molecule has 0 radical (unpaired) electrons. The first-order valence-corrected chi connectivity index (χ1v) is 4.48. The Balaban J connectivity index is 3.06. The van der Waals surface area contributed by atoms with Crippen LogP contribution >= 0.6 is 15.9 Å². The molecule has 68 valence electrons. The number of nitrogens with zero attached hydrogens (tertiary/aromatic N) is 3. The van der Waals surface area contributed by atoms with Gasteiger partial charge in [0.15, 0.2) is 5.65 Å². The molecule has 0 bridgehead atoms. The lowest BCUT2D eigenvalue weighted by Gasteiger charge is -1.93. The Kier molecular flexibility index (Phi) is 1.73. The summed E-state index contributed by atoms with van der Waals surface area (Å²) >= 11 is 3.20. The topological polar surface area (TPSA) is 63.6 Å². The van der Waals surface area contributed by atoms with E-state index < -0.39 is 0 Å². The highest BCUT2D eigenvalue weighted by molar-refractivity contribution is 9.10. The first-order valence-electron chi connectivity index (χ1n) is 3.68. The van der Waals surface area contributed by atoms with Gasteiger partial charge in [-0.1, -0.05) is 0 Å². The SMILES string of the molecule is Cc1nc2c(c(Br)nn2C)c(=O)[nH]1. The highest BCUT2D eigenvalue weighted by Crippen LogP contribution is 2.16. The number of nitrogens with one attached hydrogen (secondary N) is 1. The molecule has 0 aliphatic carbocycles. The van der Waals surface area contributed by atoms with Crippen molar-refractivity contribution in [1.82, 2.24) is 19.7 Å². The number of H-pyrrole nitrogens is 1. The summed E-state index contributed by atoms with van der Waals surface area (Å²) < 4.78 is 2.10. The molecule has 2 aromatic rings. The van der Waals surface area contributed by atoms with Gasteiger partial charge in [-0.15, -0.1) is 0 Å². The van der Waals surface area contributed by atoms with E-state index in [0.29, 0.717) is 21.5 Å². The van der Waals surface area contributed by atoms with Gasteiger partial charge in [0.25, 0.3) is 5.56 Å². The molecule has 0 unspecified atom stereocenters. The van der Waals surface area contributed by atoms with Crippen molar-refractivity contribution in [3.05, 3.63) is 20.8 Å². The van der Waals surface area contributed by atoms with Gasteiger partial charge in [0.1, 0.15) is 15.8 Å². The maximum absolute atomic E-state index is 11.5. The zero-order valence-electron chi connectivity index (χ0n) is 7.13. The molecule has 0 aromatic carbocycles. The minimum atomic E-state index is -0.164. The largest absolute Gasteiger partial charge is 0.310 e. The maximum Gasteiger partial charge on any atom is 0.263 e. The smallest absolute Gasteiger partial charge is 0.263 e. The minimum absolute atomic E-state index is 0.164. The highest BCUT2D eigenvalue weighted by atomic mass is 79.9. The fourth-order valence-electron chi connectivity index (χ4n) is 1.22. The molecule has 0 amide bonds. The lowest BCUT2D eigenvalue weighted by molar-refractivity contribution is 0.775. The van der Waals surface area contributed by atoms with E-state index in [9.17, 15) is 4.79 Å². The maximum atomic E-state index is 11.5.